The summed E-state index contributed by atoms with van der Waals surface area (Å²) >= 11 is 5.81. The molecule has 1 N–H and O–H groups in total. The van der Waals surface area contributed by atoms with Gasteiger partial charge in [0.15, 0.2) is 6.10 Å². The summed E-state index contributed by atoms with van der Waals surface area (Å²) in [5.74, 6) is 0.114. The van der Waals surface area contributed by atoms with E-state index in [-0.39, 0.29) is 6.42 Å². The lowest BCUT2D eigenvalue weighted by Gasteiger charge is -2.17. The van der Waals surface area contributed by atoms with Crippen LogP contribution in [0.5, 0.6) is 11.5 Å². The second-order valence-corrected chi connectivity index (χ2v) is 5.08. The molecule has 4 nitrogen and oxygen atoms in total. The van der Waals surface area contributed by atoms with Crippen molar-refractivity contribution in [1.29, 1.82) is 0 Å². The second-order valence-electron chi connectivity index (χ2n) is 4.64. The molecule has 0 aromatic heterocycles. The molecule has 1 unspecified atom stereocenters. The molecule has 0 aliphatic rings. The van der Waals surface area contributed by atoms with Crippen molar-refractivity contribution in [1.82, 2.24) is 0 Å². The van der Waals surface area contributed by atoms with Crippen LogP contribution in [0, 0.1) is 0 Å². The van der Waals surface area contributed by atoms with E-state index in [1.807, 2.05) is 31.2 Å². The summed E-state index contributed by atoms with van der Waals surface area (Å²) in [7, 11) is 0. The smallest absolute Gasteiger partial charge is 0.345 e. The quantitative estimate of drug-likeness (QED) is 0.842. The highest BCUT2D eigenvalue weighted by molar-refractivity contribution is 6.30. The third-order valence-corrected chi connectivity index (χ3v) is 3.30. The van der Waals surface area contributed by atoms with Crippen LogP contribution in [0.15, 0.2) is 48.5 Å². The first-order chi connectivity index (χ1) is 10.6. The number of aliphatic carboxylic acids is 1. The summed E-state index contributed by atoms with van der Waals surface area (Å²) in [6.07, 6.45) is -0.781. The molecule has 0 saturated carbocycles. The maximum Gasteiger partial charge on any atom is 0.345 e. The summed E-state index contributed by atoms with van der Waals surface area (Å²) < 4.78 is 11.1. The Bertz CT molecular complexity index is 625. The Labute approximate surface area is 134 Å². The van der Waals surface area contributed by atoms with E-state index < -0.39 is 12.1 Å². The molecule has 0 spiro atoms. The van der Waals surface area contributed by atoms with Gasteiger partial charge in [-0.1, -0.05) is 29.8 Å². The summed E-state index contributed by atoms with van der Waals surface area (Å²) in [6.45, 7) is 2.41. The predicted molar refractivity (Wildman–Crippen MR) is 84.8 cm³/mol. The molecular formula is C17H17ClO4. The van der Waals surface area contributed by atoms with Crippen LogP contribution in [0.2, 0.25) is 5.02 Å². The first-order valence-corrected chi connectivity index (χ1v) is 7.33. The predicted octanol–water partition coefficient (Wildman–Crippen LogP) is 3.81. The van der Waals surface area contributed by atoms with Crippen LogP contribution in [-0.2, 0) is 11.2 Å². The van der Waals surface area contributed by atoms with Gasteiger partial charge in [0.2, 0.25) is 0 Å². The van der Waals surface area contributed by atoms with Gasteiger partial charge < -0.3 is 14.6 Å². The van der Waals surface area contributed by atoms with E-state index in [0.717, 1.165) is 5.56 Å². The third kappa shape index (κ3) is 4.40. The van der Waals surface area contributed by atoms with E-state index >= 15 is 0 Å². The normalized spacial score (nSPS) is 11.7. The van der Waals surface area contributed by atoms with Crippen LogP contribution in [0.25, 0.3) is 0 Å². The highest BCUT2D eigenvalue weighted by atomic mass is 35.5. The van der Waals surface area contributed by atoms with Gasteiger partial charge in [-0.15, -0.1) is 0 Å². The average molecular weight is 321 g/mol. The second kappa shape index (κ2) is 7.71. The first-order valence-electron chi connectivity index (χ1n) is 6.96. The number of hydrogen-bond donors (Lipinski definition) is 1. The number of benzene rings is 2. The van der Waals surface area contributed by atoms with Crippen molar-refractivity contribution in [2.24, 2.45) is 0 Å². The molecule has 0 aliphatic heterocycles. The summed E-state index contributed by atoms with van der Waals surface area (Å²) in [5.41, 5.74) is 0.797. The topological polar surface area (TPSA) is 55.8 Å². The van der Waals surface area contributed by atoms with Crippen LogP contribution in [-0.4, -0.2) is 23.8 Å². The van der Waals surface area contributed by atoms with Crippen molar-refractivity contribution in [3.63, 3.8) is 0 Å². The number of rotatable bonds is 7. The molecule has 0 fully saturated rings. The minimum atomic E-state index is -1.03. The molecule has 0 bridgehead atoms. The molecule has 2 aromatic carbocycles. The number of ether oxygens (including phenoxy) is 2. The Hall–Kier alpha value is -2.20. The van der Waals surface area contributed by atoms with Crippen molar-refractivity contribution < 1.29 is 19.4 Å². The first kappa shape index (κ1) is 16.2. The molecule has 0 radical (unpaired) electrons. The lowest BCUT2D eigenvalue weighted by atomic mass is 10.1. The van der Waals surface area contributed by atoms with Gasteiger partial charge in [0.1, 0.15) is 11.5 Å². The molecule has 2 aromatic rings. The fraction of sp³-hybridized carbons (Fsp3) is 0.235. The Morgan fingerprint density at radius 2 is 1.86 bits per heavy atom. The Balaban J connectivity index is 2.15. The third-order valence-electron chi connectivity index (χ3n) is 3.05. The molecule has 0 amide bonds. The highest BCUT2D eigenvalue weighted by Crippen LogP contribution is 2.22. The summed E-state index contributed by atoms with van der Waals surface area (Å²) in [6, 6.07) is 14.0. The van der Waals surface area contributed by atoms with Crippen molar-refractivity contribution in [2.45, 2.75) is 19.4 Å². The number of carbonyl (C=O) groups is 1. The fourth-order valence-electron chi connectivity index (χ4n) is 2.03. The van der Waals surface area contributed by atoms with Crippen LogP contribution in [0.4, 0.5) is 0 Å². The lowest BCUT2D eigenvalue weighted by molar-refractivity contribution is -0.145. The molecule has 0 aliphatic carbocycles. The Kier molecular flexibility index (Phi) is 5.67. The minimum Gasteiger partial charge on any atom is -0.494 e. The highest BCUT2D eigenvalue weighted by Gasteiger charge is 2.21. The SMILES string of the molecule is CCOc1ccccc1CC(Oc1ccc(Cl)cc1)C(=O)O. The molecule has 0 saturated heterocycles. The monoisotopic (exact) mass is 320 g/mol. The molecule has 0 heterocycles. The van der Waals surface area contributed by atoms with Crippen LogP contribution >= 0.6 is 11.6 Å². The van der Waals surface area contributed by atoms with Gasteiger partial charge >= 0.3 is 5.97 Å². The summed E-state index contributed by atoms with van der Waals surface area (Å²) in [5, 5.41) is 9.95. The van der Waals surface area contributed by atoms with Gasteiger partial charge in [-0.2, -0.15) is 0 Å². The van der Waals surface area contributed by atoms with E-state index in [9.17, 15) is 9.90 Å². The molecule has 1 atom stereocenters. The van der Waals surface area contributed by atoms with Gasteiger partial charge in [0.25, 0.3) is 0 Å². The maximum atomic E-state index is 11.5. The lowest BCUT2D eigenvalue weighted by Crippen LogP contribution is -2.29. The zero-order valence-electron chi connectivity index (χ0n) is 12.2. The van der Waals surface area contributed by atoms with Crippen LogP contribution in [0.3, 0.4) is 0 Å². The number of halogens is 1. The van der Waals surface area contributed by atoms with E-state index in [1.165, 1.54) is 0 Å². The molecule has 116 valence electrons. The molecule has 22 heavy (non-hydrogen) atoms. The Morgan fingerprint density at radius 1 is 1.18 bits per heavy atom. The standard InChI is InChI=1S/C17H17ClO4/c1-2-21-15-6-4-3-5-12(15)11-16(17(19)20)22-14-9-7-13(18)8-10-14/h3-10,16H,2,11H2,1H3,(H,19,20). The number of hydrogen-bond acceptors (Lipinski definition) is 3. The zero-order valence-corrected chi connectivity index (χ0v) is 12.9. The van der Waals surface area contributed by atoms with Crippen molar-refractivity contribution in [2.75, 3.05) is 6.61 Å². The average Bonchev–Trinajstić information content (AvgIpc) is 2.50. The van der Waals surface area contributed by atoms with Gasteiger partial charge in [-0.3, -0.25) is 0 Å². The van der Waals surface area contributed by atoms with Crippen LogP contribution < -0.4 is 9.47 Å². The van der Waals surface area contributed by atoms with E-state index in [1.54, 1.807) is 24.3 Å². The number of para-hydroxylation sites is 1. The number of carboxylic acids is 1. The van der Waals surface area contributed by atoms with Gasteiger partial charge in [-0.05, 0) is 42.8 Å². The van der Waals surface area contributed by atoms with Crippen molar-refractivity contribution in [3.8, 4) is 11.5 Å². The fourth-order valence-corrected chi connectivity index (χ4v) is 2.15. The molecular weight excluding hydrogens is 304 g/mol. The largest absolute Gasteiger partial charge is 0.494 e. The minimum absolute atomic E-state index is 0.216. The van der Waals surface area contributed by atoms with Crippen molar-refractivity contribution >= 4 is 17.6 Å². The molecule has 5 heteroatoms. The van der Waals surface area contributed by atoms with E-state index in [0.29, 0.717) is 23.1 Å². The Morgan fingerprint density at radius 3 is 2.50 bits per heavy atom. The van der Waals surface area contributed by atoms with Gasteiger partial charge in [-0.25, -0.2) is 4.79 Å². The molecule has 2 rings (SSSR count). The van der Waals surface area contributed by atoms with E-state index in [2.05, 4.69) is 0 Å². The van der Waals surface area contributed by atoms with E-state index in [4.69, 9.17) is 21.1 Å². The zero-order chi connectivity index (χ0) is 15.9. The van der Waals surface area contributed by atoms with Crippen molar-refractivity contribution in [3.05, 3.63) is 59.1 Å². The summed E-state index contributed by atoms with van der Waals surface area (Å²) in [4.78, 5) is 11.5. The van der Waals surface area contributed by atoms with Crippen LogP contribution in [0.1, 0.15) is 12.5 Å². The van der Waals surface area contributed by atoms with Gasteiger partial charge in [0.05, 0.1) is 6.61 Å². The van der Waals surface area contributed by atoms with Gasteiger partial charge in [0, 0.05) is 11.4 Å². The number of carboxylic acid groups (broad SMARTS) is 1. The maximum absolute atomic E-state index is 11.5.